The second kappa shape index (κ2) is 6.77. The number of rotatable bonds is 6. The molecule has 0 amide bonds. The highest BCUT2D eigenvalue weighted by molar-refractivity contribution is 5.15. The van der Waals surface area contributed by atoms with Crippen LogP contribution >= 0.6 is 0 Å². The average molecular weight is 309 g/mol. The summed E-state index contributed by atoms with van der Waals surface area (Å²) in [7, 11) is 0. The Balaban J connectivity index is 1.70. The highest BCUT2D eigenvalue weighted by atomic mass is 15.2. The van der Waals surface area contributed by atoms with Crippen molar-refractivity contribution in [2.24, 2.45) is 0 Å². The maximum absolute atomic E-state index is 4.67. The summed E-state index contributed by atoms with van der Waals surface area (Å²) >= 11 is 0. The van der Waals surface area contributed by atoms with Gasteiger partial charge in [0.15, 0.2) is 5.82 Å². The summed E-state index contributed by atoms with van der Waals surface area (Å²) < 4.78 is 2.15. The lowest BCUT2D eigenvalue weighted by atomic mass is 10.1. The van der Waals surface area contributed by atoms with E-state index in [-0.39, 0.29) is 6.04 Å². The van der Waals surface area contributed by atoms with Gasteiger partial charge in [0.05, 0.1) is 6.04 Å². The molecule has 0 saturated heterocycles. The number of imidazole rings is 1. The summed E-state index contributed by atoms with van der Waals surface area (Å²) in [4.78, 5) is 9.11. The summed E-state index contributed by atoms with van der Waals surface area (Å²) in [5.74, 6) is 3.19. The van der Waals surface area contributed by atoms with Gasteiger partial charge in [-0.3, -0.25) is 5.10 Å². The van der Waals surface area contributed by atoms with Crippen molar-refractivity contribution in [1.82, 2.24) is 24.7 Å². The van der Waals surface area contributed by atoms with E-state index in [1.807, 2.05) is 18.5 Å². The molecule has 3 aromatic rings. The van der Waals surface area contributed by atoms with E-state index in [2.05, 4.69) is 69.8 Å². The highest BCUT2D eigenvalue weighted by Gasteiger charge is 2.18. The maximum Gasteiger partial charge on any atom is 0.173 e. The van der Waals surface area contributed by atoms with Gasteiger partial charge in [-0.1, -0.05) is 44.2 Å². The minimum atomic E-state index is 0.0802. The van der Waals surface area contributed by atoms with Crippen molar-refractivity contribution in [2.75, 3.05) is 0 Å². The van der Waals surface area contributed by atoms with Crippen LogP contribution in [-0.2, 0) is 12.8 Å². The van der Waals surface area contributed by atoms with Gasteiger partial charge in [0.25, 0.3) is 0 Å². The van der Waals surface area contributed by atoms with Crippen molar-refractivity contribution in [3.8, 4) is 0 Å². The number of aryl methyl sites for hydroxylation is 2. The molecule has 0 fully saturated rings. The minimum Gasteiger partial charge on any atom is -0.324 e. The highest BCUT2D eigenvalue weighted by Crippen LogP contribution is 2.20. The summed E-state index contributed by atoms with van der Waals surface area (Å²) in [6.07, 6.45) is 5.67. The van der Waals surface area contributed by atoms with Crippen LogP contribution in [-0.4, -0.2) is 24.7 Å². The molecule has 2 heterocycles. The van der Waals surface area contributed by atoms with Crippen LogP contribution in [0.15, 0.2) is 42.7 Å². The molecular formula is C18H23N5. The summed E-state index contributed by atoms with van der Waals surface area (Å²) in [5.41, 5.74) is 1.32. The lowest BCUT2D eigenvalue weighted by Crippen LogP contribution is -2.12. The molecule has 0 aliphatic carbocycles. The molecule has 5 nitrogen and oxygen atoms in total. The minimum absolute atomic E-state index is 0.0802. The number of benzene rings is 1. The first-order valence-electron chi connectivity index (χ1n) is 8.13. The Morgan fingerprint density at radius 3 is 2.61 bits per heavy atom. The maximum atomic E-state index is 4.67. The van der Waals surface area contributed by atoms with E-state index in [0.717, 1.165) is 30.3 Å². The Labute approximate surface area is 136 Å². The average Bonchev–Trinajstić information content (AvgIpc) is 3.22. The lowest BCUT2D eigenvalue weighted by Gasteiger charge is -2.15. The molecule has 0 aliphatic heterocycles. The molecule has 0 bridgehead atoms. The van der Waals surface area contributed by atoms with Gasteiger partial charge in [-0.25, -0.2) is 9.97 Å². The third-order valence-corrected chi connectivity index (χ3v) is 4.05. The quantitative estimate of drug-likeness (QED) is 0.758. The first-order chi connectivity index (χ1) is 11.1. The van der Waals surface area contributed by atoms with Crippen molar-refractivity contribution < 1.29 is 0 Å². The molecule has 1 atom stereocenters. The van der Waals surface area contributed by atoms with Gasteiger partial charge in [-0.15, -0.1) is 0 Å². The number of aromatic nitrogens is 5. The van der Waals surface area contributed by atoms with Gasteiger partial charge in [0.1, 0.15) is 11.6 Å². The largest absolute Gasteiger partial charge is 0.324 e. The van der Waals surface area contributed by atoms with Crippen LogP contribution in [0.2, 0.25) is 0 Å². The Kier molecular flexibility index (Phi) is 4.55. The summed E-state index contributed by atoms with van der Waals surface area (Å²) in [5, 5.41) is 7.47. The molecule has 0 radical (unpaired) electrons. The standard InChI is InChI=1S/C18H23N5/c1-13(2)18-19-11-12-23(18)14(3)17-20-16(21-22-17)10-9-15-7-5-4-6-8-15/h4-8,11-14H,9-10H2,1-3H3,(H,20,21,22). The first kappa shape index (κ1) is 15.5. The molecular weight excluding hydrogens is 286 g/mol. The molecule has 1 aromatic carbocycles. The smallest absolute Gasteiger partial charge is 0.173 e. The van der Waals surface area contributed by atoms with Gasteiger partial charge >= 0.3 is 0 Å². The van der Waals surface area contributed by atoms with E-state index in [1.54, 1.807) is 0 Å². The van der Waals surface area contributed by atoms with Crippen molar-refractivity contribution >= 4 is 0 Å². The van der Waals surface area contributed by atoms with E-state index in [1.165, 1.54) is 5.56 Å². The fraction of sp³-hybridized carbons (Fsp3) is 0.389. The van der Waals surface area contributed by atoms with Gasteiger partial charge in [0.2, 0.25) is 0 Å². The van der Waals surface area contributed by atoms with Crippen molar-refractivity contribution in [3.05, 3.63) is 65.8 Å². The number of nitrogens with one attached hydrogen (secondary N) is 1. The number of H-pyrrole nitrogens is 1. The fourth-order valence-corrected chi connectivity index (χ4v) is 2.74. The molecule has 5 heteroatoms. The molecule has 3 rings (SSSR count). The number of aromatic amines is 1. The van der Waals surface area contributed by atoms with Gasteiger partial charge in [-0.05, 0) is 18.9 Å². The summed E-state index contributed by atoms with van der Waals surface area (Å²) in [6.45, 7) is 6.40. The Morgan fingerprint density at radius 2 is 1.87 bits per heavy atom. The third-order valence-electron chi connectivity index (χ3n) is 4.05. The molecule has 0 spiro atoms. The fourth-order valence-electron chi connectivity index (χ4n) is 2.74. The molecule has 1 N–H and O–H groups in total. The molecule has 1 unspecified atom stereocenters. The zero-order valence-corrected chi connectivity index (χ0v) is 13.9. The Bertz CT molecular complexity index is 742. The third kappa shape index (κ3) is 3.50. The van der Waals surface area contributed by atoms with Gasteiger partial charge < -0.3 is 4.57 Å². The number of nitrogens with zero attached hydrogens (tertiary/aromatic N) is 4. The molecule has 0 aliphatic rings. The van der Waals surface area contributed by atoms with Crippen molar-refractivity contribution in [1.29, 1.82) is 0 Å². The normalized spacial score (nSPS) is 12.7. The van der Waals surface area contributed by atoms with E-state index in [4.69, 9.17) is 0 Å². The number of hydrogen-bond donors (Lipinski definition) is 1. The predicted molar refractivity (Wildman–Crippen MR) is 90.4 cm³/mol. The monoisotopic (exact) mass is 309 g/mol. The number of hydrogen-bond acceptors (Lipinski definition) is 3. The first-order valence-corrected chi connectivity index (χ1v) is 8.13. The van der Waals surface area contributed by atoms with E-state index in [9.17, 15) is 0 Å². The van der Waals surface area contributed by atoms with Crippen LogP contribution < -0.4 is 0 Å². The summed E-state index contributed by atoms with van der Waals surface area (Å²) in [6, 6.07) is 10.5. The van der Waals surface area contributed by atoms with Crippen molar-refractivity contribution in [3.63, 3.8) is 0 Å². The second-order valence-corrected chi connectivity index (χ2v) is 6.15. The topological polar surface area (TPSA) is 59.4 Å². The van der Waals surface area contributed by atoms with E-state index in [0.29, 0.717) is 5.92 Å². The zero-order valence-electron chi connectivity index (χ0n) is 13.9. The Hall–Kier alpha value is -2.43. The van der Waals surface area contributed by atoms with Crippen LogP contribution in [0.3, 0.4) is 0 Å². The molecule has 2 aromatic heterocycles. The van der Waals surface area contributed by atoms with E-state index < -0.39 is 0 Å². The van der Waals surface area contributed by atoms with Crippen LogP contribution in [0, 0.1) is 0 Å². The molecule has 0 saturated carbocycles. The Morgan fingerprint density at radius 1 is 1.09 bits per heavy atom. The van der Waals surface area contributed by atoms with Crippen LogP contribution in [0.5, 0.6) is 0 Å². The zero-order chi connectivity index (χ0) is 16.2. The second-order valence-electron chi connectivity index (χ2n) is 6.15. The predicted octanol–water partition coefficient (Wildman–Crippen LogP) is 3.52. The van der Waals surface area contributed by atoms with Gasteiger partial charge in [-0.2, -0.15) is 5.10 Å². The van der Waals surface area contributed by atoms with Crippen LogP contribution in [0.4, 0.5) is 0 Å². The van der Waals surface area contributed by atoms with Crippen molar-refractivity contribution in [2.45, 2.75) is 45.6 Å². The van der Waals surface area contributed by atoms with Gasteiger partial charge in [0, 0.05) is 24.7 Å². The van der Waals surface area contributed by atoms with E-state index >= 15 is 0 Å². The molecule has 23 heavy (non-hydrogen) atoms. The molecule has 120 valence electrons. The lowest BCUT2D eigenvalue weighted by molar-refractivity contribution is 0.553. The van der Waals surface area contributed by atoms with Crippen LogP contribution in [0.1, 0.15) is 55.8 Å². The SMILES string of the molecule is CC(C)c1nccn1C(C)c1n[nH]c(CCc2ccccc2)n1. The van der Waals surface area contributed by atoms with Crippen LogP contribution in [0.25, 0.3) is 0 Å².